The molecule has 1 atom stereocenters. The fourth-order valence-corrected chi connectivity index (χ4v) is 5.44. The van der Waals surface area contributed by atoms with Crippen molar-refractivity contribution in [3.63, 3.8) is 0 Å². The normalized spacial score (nSPS) is 15.4. The number of morpholine rings is 1. The van der Waals surface area contributed by atoms with Crippen molar-refractivity contribution < 1.29 is 9.53 Å². The molecule has 194 valence electrons. The standard InChI is InChI=1S/C32H31N3O2.ClH/c33-14-13-26-21-35(20-22-5-3-8-25(17-22)32(36)31-19-34-15-16-37-31)30-12-11-24(18-29(26)30)28-10-4-7-23-6-1-2-9-27(23)28;/h1-12,17-18,21,31,34H,13-16,19-20,33H2;1H. The topological polar surface area (TPSA) is 69.3 Å². The molecule has 0 spiro atoms. The minimum Gasteiger partial charge on any atom is -0.367 e. The summed E-state index contributed by atoms with van der Waals surface area (Å²) in [6.07, 6.45) is 2.61. The Bertz CT molecular complexity index is 1580. The van der Waals surface area contributed by atoms with Crippen LogP contribution in [0.4, 0.5) is 0 Å². The zero-order chi connectivity index (χ0) is 25.2. The number of ketones is 1. The van der Waals surface area contributed by atoms with Crippen LogP contribution in [0.15, 0.2) is 91.1 Å². The van der Waals surface area contributed by atoms with Crippen molar-refractivity contribution in [1.29, 1.82) is 0 Å². The summed E-state index contributed by atoms with van der Waals surface area (Å²) in [7, 11) is 0. The molecule has 1 unspecified atom stereocenters. The second-order valence-corrected chi connectivity index (χ2v) is 9.71. The molecule has 1 saturated heterocycles. The molecule has 6 rings (SSSR count). The summed E-state index contributed by atoms with van der Waals surface area (Å²) < 4.78 is 7.96. The largest absolute Gasteiger partial charge is 0.367 e. The molecule has 1 aliphatic rings. The van der Waals surface area contributed by atoms with E-state index in [0.717, 1.165) is 18.5 Å². The van der Waals surface area contributed by atoms with Gasteiger partial charge in [0.1, 0.15) is 6.10 Å². The Morgan fingerprint density at radius 3 is 2.66 bits per heavy atom. The van der Waals surface area contributed by atoms with Crippen LogP contribution in [0, 0.1) is 0 Å². The van der Waals surface area contributed by atoms with E-state index >= 15 is 0 Å². The number of halogens is 1. The molecule has 5 aromatic rings. The van der Waals surface area contributed by atoms with Crippen LogP contribution in [0.25, 0.3) is 32.8 Å². The van der Waals surface area contributed by atoms with Gasteiger partial charge in [0.25, 0.3) is 0 Å². The summed E-state index contributed by atoms with van der Waals surface area (Å²) in [5.41, 5.74) is 12.6. The van der Waals surface area contributed by atoms with Crippen LogP contribution >= 0.6 is 12.4 Å². The Balaban J connectivity index is 0.00000294. The number of hydrogen-bond acceptors (Lipinski definition) is 4. The molecule has 3 N–H and O–H groups in total. The third-order valence-corrected chi connectivity index (χ3v) is 7.26. The van der Waals surface area contributed by atoms with Gasteiger partial charge in [-0.25, -0.2) is 0 Å². The molecule has 0 bridgehead atoms. The second kappa shape index (κ2) is 11.5. The highest BCUT2D eigenvalue weighted by Gasteiger charge is 2.23. The van der Waals surface area contributed by atoms with Gasteiger partial charge in [0.2, 0.25) is 0 Å². The fraction of sp³-hybridized carbons (Fsp3) is 0.219. The van der Waals surface area contributed by atoms with Crippen molar-refractivity contribution >= 4 is 39.9 Å². The van der Waals surface area contributed by atoms with Crippen LogP contribution < -0.4 is 11.1 Å². The van der Waals surface area contributed by atoms with Gasteiger partial charge in [-0.1, -0.05) is 66.7 Å². The van der Waals surface area contributed by atoms with E-state index in [1.807, 2.05) is 18.2 Å². The number of carbonyl (C=O) groups is 1. The van der Waals surface area contributed by atoms with E-state index < -0.39 is 6.10 Å². The third-order valence-electron chi connectivity index (χ3n) is 7.26. The van der Waals surface area contributed by atoms with Gasteiger partial charge in [0.05, 0.1) is 6.61 Å². The number of rotatable bonds is 7. The number of benzene rings is 4. The van der Waals surface area contributed by atoms with E-state index in [2.05, 4.69) is 82.8 Å². The molecule has 0 amide bonds. The van der Waals surface area contributed by atoms with Gasteiger partial charge >= 0.3 is 0 Å². The highest BCUT2D eigenvalue weighted by Crippen LogP contribution is 2.33. The number of fused-ring (bicyclic) bond motifs is 2. The first-order valence-corrected chi connectivity index (χ1v) is 13.0. The molecule has 0 radical (unpaired) electrons. The lowest BCUT2D eigenvalue weighted by Gasteiger charge is -2.22. The molecule has 0 saturated carbocycles. The lowest BCUT2D eigenvalue weighted by atomic mass is 9.96. The molecule has 2 heterocycles. The third kappa shape index (κ3) is 5.11. The molecule has 0 aliphatic carbocycles. The number of nitrogens with one attached hydrogen (secondary N) is 1. The van der Waals surface area contributed by atoms with Crippen molar-refractivity contribution in [3.05, 3.63) is 108 Å². The van der Waals surface area contributed by atoms with Crippen LogP contribution in [0.1, 0.15) is 21.5 Å². The summed E-state index contributed by atoms with van der Waals surface area (Å²) in [4.78, 5) is 13.0. The first-order valence-electron chi connectivity index (χ1n) is 13.0. The summed E-state index contributed by atoms with van der Waals surface area (Å²) in [5, 5.41) is 6.96. The molecular weight excluding hydrogens is 494 g/mol. The number of carbonyl (C=O) groups excluding carboxylic acids is 1. The van der Waals surface area contributed by atoms with Crippen LogP contribution in [0.5, 0.6) is 0 Å². The SMILES string of the molecule is Cl.NCCc1cn(Cc2cccc(C(=O)C3CNCCO3)c2)c2ccc(-c3cccc4ccccc34)cc12. The number of Topliss-reactive ketones (excluding diaryl/α,β-unsaturated/α-hetero) is 1. The average Bonchev–Trinajstić information content (AvgIpc) is 3.29. The molecular formula is C32H32ClN3O2. The zero-order valence-corrected chi connectivity index (χ0v) is 22.0. The molecule has 6 heteroatoms. The van der Waals surface area contributed by atoms with Crippen LogP contribution in [-0.2, 0) is 17.7 Å². The monoisotopic (exact) mass is 525 g/mol. The maximum absolute atomic E-state index is 13.0. The number of nitrogens with two attached hydrogens (primary N) is 1. The van der Waals surface area contributed by atoms with Crippen molar-refractivity contribution in [2.45, 2.75) is 19.1 Å². The second-order valence-electron chi connectivity index (χ2n) is 9.71. The smallest absolute Gasteiger partial charge is 0.192 e. The Morgan fingerprint density at radius 1 is 0.974 bits per heavy atom. The van der Waals surface area contributed by atoms with Gasteiger partial charge < -0.3 is 20.4 Å². The van der Waals surface area contributed by atoms with Crippen molar-refractivity contribution in [2.24, 2.45) is 5.73 Å². The van der Waals surface area contributed by atoms with Gasteiger partial charge in [-0.15, -0.1) is 12.4 Å². The first-order chi connectivity index (χ1) is 18.2. The number of nitrogens with zero attached hydrogens (tertiary/aromatic N) is 1. The van der Waals surface area contributed by atoms with E-state index in [4.69, 9.17) is 10.5 Å². The zero-order valence-electron chi connectivity index (χ0n) is 21.2. The van der Waals surface area contributed by atoms with Crippen molar-refractivity contribution in [2.75, 3.05) is 26.2 Å². The summed E-state index contributed by atoms with van der Waals surface area (Å²) >= 11 is 0. The summed E-state index contributed by atoms with van der Waals surface area (Å²) in [5.74, 6) is 0.0370. The fourth-order valence-electron chi connectivity index (χ4n) is 5.44. The predicted molar refractivity (Wildman–Crippen MR) is 157 cm³/mol. The maximum Gasteiger partial charge on any atom is 0.192 e. The summed E-state index contributed by atoms with van der Waals surface area (Å²) in [6.45, 7) is 3.19. The van der Waals surface area contributed by atoms with E-state index in [1.165, 1.54) is 38.4 Å². The minimum atomic E-state index is -0.417. The van der Waals surface area contributed by atoms with Gasteiger partial charge in [-0.2, -0.15) is 0 Å². The van der Waals surface area contributed by atoms with Crippen LogP contribution in [0.2, 0.25) is 0 Å². The first kappa shape index (κ1) is 26.1. The van der Waals surface area contributed by atoms with Crippen molar-refractivity contribution in [3.8, 4) is 11.1 Å². The van der Waals surface area contributed by atoms with E-state index in [-0.39, 0.29) is 18.2 Å². The van der Waals surface area contributed by atoms with E-state index in [9.17, 15) is 4.79 Å². The lowest BCUT2D eigenvalue weighted by molar-refractivity contribution is 0.0269. The Labute approximate surface area is 229 Å². The van der Waals surface area contributed by atoms with Gasteiger partial charge in [0, 0.05) is 42.3 Å². The minimum absolute atomic E-state index is 0. The van der Waals surface area contributed by atoms with Gasteiger partial charge in [0.15, 0.2) is 5.78 Å². The maximum atomic E-state index is 13.0. The highest BCUT2D eigenvalue weighted by molar-refractivity contribution is 6.00. The van der Waals surface area contributed by atoms with Crippen molar-refractivity contribution in [1.82, 2.24) is 9.88 Å². The van der Waals surface area contributed by atoms with E-state index in [1.54, 1.807) is 0 Å². The average molecular weight is 526 g/mol. The molecule has 1 aromatic heterocycles. The quantitative estimate of drug-likeness (QED) is 0.271. The summed E-state index contributed by atoms with van der Waals surface area (Å²) in [6, 6.07) is 29.6. The highest BCUT2D eigenvalue weighted by atomic mass is 35.5. The lowest BCUT2D eigenvalue weighted by Crippen LogP contribution is -2.43. The molecule has 1 fully saturated rings. The predicted octanol–water partition coefficient (Wildman–Crippen LogP) is 5.60. The van der Waals surface area contributed by atoms with Crippen LogP contribution in [-0.4, -0.2) is 42.7 Å². The molecule has 1 aliphatic heterocycles. The molecule has 5 nitrogen and oxygen atoms in total. The Morgan fingerprint density at radius 2 is 1.82 bits per heavy atom. The van der Waals surface area contributed by atoms with Crippen LogP contribution in [0.3, 0.4) is 0 Å². The van der Waals surface area contributed by atoms with E-state index in [0.29, 0.717) is 31.8 Å². The number of ether oxygens (including phenoxy) is 1. The molecule has 4 aromatic carbocycles. The Kier molecular flexibility index (Phi) is 7.91. The Hall–Kier alpha value is -3.48. The van der Waals surface area contributed by atoms with Gasteiger partial charge in [-0.3, -0.25) is 4.79 Å². The number of aromatic nitrogens is 1. The van der Waals surface area contributed by atoms with Gasteiger partial charge in [-0.05, 0) is 64.2 Å². The number of hydrogen-bond donors (Lipinski definition) is 2. The molecule has 38 heavy (non-hydrogen) atoms.